The molecule has 1 amide bonds. The number of amides is 1. The Balaban J connectivity index is 1.70. The molecule has 0 unspecified atom stereocenters. The van der Waals surface area contributed by atoms with E-state index in [2.05, 4.69) is 26.2 Å². The van der Waals surface area contributed by atoms with Gasteiger partial charge < -0.3 is 10.3 Å². The van der Waals surface area contributed by atoms with Crippen molar-refractivity contribution < 1.29 is 4.79 Å². The van der Waals surface area contributed by atoms with Crippen molar-refractivity contribution in [2.24, 2.45) is 0 Å². The number of aromatic nitrogens is 1. The summed E-state index contributed by atoms with van der Waals surface area (Å²) in [5.41, 5.74) is 2.26. The normalized spacial score (nSPS) is 17.8. The molecular formula is C19H16BrN3O2. The maximum atomic E-state index is 12.5. The number of H-pyrrole nitrogens is 1. The number of hydrogen-bond acceptors (Lipinski definition) is 3. The van der Waals surface area contributed by atoms with E-state index in [1.807, 2.05) is 59.5 Å². The van der Waals surface area contributed by atoms with E-state index in [4.69, 9.17) is 0 Å². The predicted octanol–water partition coefficient (Wildman–Crippen LogP) is 2.92. The van der Waals surface area contributed by atoms with E-state index in [1.165, 1.54) is 0 Å². The maximum absolute atomic E-state index is 12.5. The first-order valence-electron chi connectivity index (χ1n) is 8.00. The Morgan fingerprint density at radius 3 is 2.64 bits per heavy atom. The molecule has 3 aromatic rings. The minimum atomic E-state index is -0.426. The monoisotopic (exact) mass is 397 g/mol. The molecule has 25 heavy (non-hydrogen) atoms. The first-order valence-corrected chi connectivity index (χ1v) is 8.79. The molecule has 2 N–H and O–H groups in total. The Labute approximate surface area is 152 Å². The van der Waals surface area contributed by atoms with Crippen molar-refractivity contribution in [1.82, 2.24) is 15.2 Å². The number of halogens is 1. The number of aromatic amines is 1. The van der Waals surface area contributed by atoms with Crippen LogP contribution in [0, 0.1) is 0 Å². The van der Waals surface area contributed by atoms with Crippen molar-refractivity contribution in [2.75, 3.05) is 6.54 Å². The smallest absolute Gasteiger partial charge is 0.255 e. The molecule has 1 atom stereocenters. The molecule has 2 aromatic carbocycles. The van der Waals surface area contributed by atoms with Crippen LogP contribution in [0.4, 0.5) is 0 Å². The molecule has 1 fully saturated rings. The van der Waals surface area contributed by atoms with Gasteiger partial charge in [-0.2, -0.15) is 0 Å². The van der Waals surface area contributed by atoms with Crippen molar-refractivity contribution in [3.8, 4) is 0 Å². The summed E-state index contributed by atoms with van der Waals surface area (Å²) in [7, 11) is 0. The first kappa shape index (κ1) is 16.1. The van der Waals surface area contributed by atoms with Gasteiger partial charge in [0.25, 0.3) is 5.56 Å². The second kappa shape index (κ2) is 6.46. The lowest BCUT2D eigenvalue weighted by molar-refractivity contribution is -0.118. The maximum Gasteiger partial charge on any atom is 0.255 e. The van der Waals surface area contributed by atoms with Gasteiger partial charge in [0.1, 0.15) is 6.17 Å². The average molecular weight is 398 g/mol. The summed E-state index contributed by atoms with van der Waals surface area (Å²) in [6.07, 6.45) is -0.426. The zero-order chi connectivity index (χ0) is 17.4. The SMILES string of the molecule is O=C1CN(Cc2ccc(Br)cc2)[C@H](c2cc3ccccc3[nH]c2=O)N1. The lowest BCUT2D eigenvalue weighted by Crippen LogP contribution is -2.32. The van der Waals surface area contributed by atoms with Crippen LogP contribution in [0.5, 0.6) is 0 Å². The summed E-state index contributed by atoms with van der Waals surface area (Å²) in [6.45, 7) is 0.857. The molecule has 1 saturated heterocycles. The van der Waals surface area contributed by atoms with E-state index in [-0.39, 0.29) is 18.0 Å². The summed E-state index contributed by atoms with van der Waals surface area (Å²) in [5, 5.41) is 3.86. The van der Waals surface area contributed by atoms with Crippen LogP contribution >= 0.6 is 15.9 Å². The second-order valence-corrected chi connectivity index (χ2v) is 7.06. The summed E-state index contributed by atoms with van der Waals surface area (Å²) in [5.74, 6) is -0.0744. The van der Waals surface area contributed by atoms with Gasteiger partial charge >= 0.3 is 0 Å². The lowest BCUT2D eigenvalue weighted by atomic mass is 10.1. The largest absolute Gasteiger partial charge is 0.335 e. The molecular weight excluding hydrogens is 382 g/mol. The average Bonchev–Trinajstić information content (AvgIpc) is 2.96. The third-order valence-corrected chi connectivity index (χ3v) is 4.91. The number of carbonyl (C=O) groups is 1. The predicted molar refractivity (Wildman–Crippen MR) is 100 cm³/mol. The zero-order valence-corrected chi connectivity index (χ0v) is 14.9. The van der Waals surface area contributed by atoms with Crippen LogP contribution in [0.1, 0.15) is 17.3 Å². The summed E-state index contributed by atoms with van der Waals surface area (Å²) in [4.78, 5) is 29.4. The van der Waals surface area contributed by atoms with E-state index < -0.39 is 6.17 Å². The minimum absolute atomic E-state index is 0.0744. The number of pyridine rings is 1. The van der Waals surface area contributed by atoms with Crippen molar-refractivity contribution in [1.29, 1.82) is 0 Å². The quantitative estimate of drug-likeness (QED) is 0.713. The van der Waals surface area contributed by atoms with Gasteiger partial charge in [0.2, 0.25) is 5.91 Å². The van der Waals surface area contributed by atoms with E-state index >= 15 is 0 Å². The van der Waals surface area contributed by atoms with Gasteiger partial charge in [-0.3, -0.25) is 14.5 Å². The van der Waals surface area contributed by atoms with Crippen LogP contribution < -0.4 is 10.9 Å². The topological polar surface area (TPSA) is 65.2 Å². The first-order chi connectivity index (χ1) is 12.1. The molecule has 1 aromatic heterocycles. The Hall–Kier alpha value is -2.44. The minimum Gasteiger partial charge on any atom is -0.335 e. The number of benzene rings is 2. The summed E-state index contributed by atoms with van der Waals surface area (Å²) in [6, 6.07) is 17.4. The van der Waals surface area contributed by atoms with E-state index in [1.54, 1.807) is 0 Å². The third-order valence-electron chi connectivity index (χ3n) is 4.39. The number of nitrogens with zero attached hydrogens (tertiary/aromatic N) is 1. The van der Waals surface area contributed by atoms with Crippen LogP contribution in [-0.4, -0.2) is 22.3 Å². The lowest BCUT2D eigenvalue weighted by Gasteiger charge is -2.23. The molecule has 4 rings (SSSR count). The van der Waals surface area contributed by atoms with E-state index in [9.17, 15) is 9.59 Å². The van der Waals surface area contributed by atoms with Crippen molar-refractivity contribution in [3.63, 3.8) is 0 Å². The second-order valence-electron chi connectivity index (χ2n) is 6.14. The highest BCUT2D eigenvalue weighted by Crippen LogP contribution is 2.24. The summed E-state index contributed by atoms with van der Waals surface area (Å²) < 4.78 is 1.01. The molecule has 0 saturated carbocycles. The summed E-state index contributed by atoms with van der Waals surface area (Å²) >= 11 is 3.42. The standard InChI is InChI=1S/C19H16BrN3O2/c20-14-7-5-12(6-8-14)10-23-11-17(24)22-18(23)15-9-13-3-1-2-4-16(13)21-19(15)25/h1-9,18H,10-11H2,(H,21,25)(H,22,24)/t18-/m1/s1. The van der Waals surface area contributed by atoms with Crippen LogP contribution in [-0.2, 0) is 11.3 Å². The van der Waals surface area contributed by atoms with Gasteiger partial charge in [-0.05, 0) is 35.2 Å². The van der Waals surface area contributed by atoms with Crippen LogP contribution in [0.15, 0.2) is 63.9 Å². The van der Waals surface area contributed by atoms with Crippen molar-refractivity contribution in [3.05, 3.63) is 80.6 Å². The Kier molecular flexibility index (Phi) is 4.15. The molecule has 0 aliphatic carbocycles. The molecule has 0 spiro atoms. The number of rotatable bonds is 3. The molecule has 1 aliphatic heterocycles. The third kappa shape index (κ3) is 3.23. The van der Waals surface area contributed by atoms with E-state index in [0.717, 1.165) is 20.9 Å². The molecule has 0 bridgehead atoms. The number of hydrogen-bond donors (Lipinski definition) is 2. The van der Waals surface area contributed by atoms with Gasteiger partial charge in [-0.15, -0.1) is 0 Å². The van der Waals surface area contributed by atoms with Crippen molar-refractivity contribution >= 4 is 32.7 Å². The highest BCUT2D eigenvalue weighted by Gasteiger charge is 2.32. The zero-order valence-electron chi connectivity index (χ0n) is 13.3. The van der Waals surface area contributed by atoms with Gasteiger partial charge in [0.05, 0.1) is 12.1 Å². The fourth-order valence-corrected chi connectivity index (χ4v) is 3.44. The molecule has 2 heterocycles. The van der Waals surface area contributed by atoms with Crippen LogP contribution in [0.3, 0.4) is 0 Å². The van der Waals surface area contributed by atoms with Crippen molar-refractivity contribution in [2.45, 2.75) is 12.7 Å². The highest BCUT2D eigenvalue weighted by atomic mass is 79.9. The molecule has 126 valence electrons. The number of carbonyl (C=O) groups excluding carboxylic acids is 1. The molecule has 0 radical (unpaired) electrons. The van der Waals surface area contributed by atoms with Crippen LogP contribution in [0.25, 0.3) is 10.9 Å². The molecule has 1 aliphatic rings. The van der Waals surface area contributed by atoms with Gasteiger partial charge in [0, 0.05) is 16.5 Å². The fraction of sp³-hybridized carbons (Fsp3) is 0.158. The Morgan fingerprint density at radius 2 is 1.84 bits per heavy atom. The highest BCUT2D eigenvalue weighted by molar-refractivity contribution is 9.10. The molecule has 5 nitrogen and oxygen atoms in total. The fourth-order valence-electron chi connectivity index (χ4n) is 3.18. The number of nitrogens with one attached hydrogen (secondary N) is 2. The van der Waals surface area contributed by atoms with Gasteiger partial charge in [0.15, 0.2) is 0 Å². The van der Waals surface area contributed by atoms with E-state index in [0.29, 0.717) is 12.1 Å². The number of para-hydroxylation sites is 1. The molecule has 6 heteroatoms. The Bertz CT molecular complexity index is 997. The van der Waals surface area contributed by atoms with Crippen LogP contribution in [0.2, 0.25) is 0 Å². The Morgan fingerprint density at radius 1 is 1.08 bits per heavy atom. The van der Waals surface area contributed by atoms with Gasteiger partial charge in [-0.1, -0.05) is 46.3 Å². The van der Waals surface area contributed by atoms with Gasteiger partial charge in [-0.25, -0.2) is 0 Å². The number of fused-ring (bicyclic) bond motifs is 1.